The van der Waals surface area contributed by atoms with Crippen molar-refractivity contribution in [2.75, 3.05) is 17.2 Å². The first-order valence-corrected chi connectivity index (χ1v) is 11.3. The molecular weight excluding hydrogens is 396 g/mol. The molecule has 1 aliphatic heterocycles. The summed E-state index contributed by atoms with van der Waals surface area (Å²) in [5.41, 5.74) is 7.38. The third-order valence-electron chi connectivity index (χ3n) is 6.38. The topological polar surface area (TPSA) is 50.4 Å². The highest BCUT2D eigenvalue weighted by atomic mass is 16.5. The molecule has 2 atom stereocenters. The Morgan fingerprint density at radius 2 is 1.56 bits per heavy atom. The minimum Gasteiger partial charge on any atom is -0.494 e. The average molecular weight is 425 g/mol. The zero-order chi connectivity index (χ0) is 22.1. The quantitative estimate of drug-likeness (QED) is 0.511. The number of hydrogen-bond donors (Lipinski definition) is 2. The molecule has 0 amide bonds. The summed E-state index contributed by atoms with van der Waals surface area (Å²) in [5, 5.41) is 7.24. The lowest BCUT2D eigenvalue weighted by molar-refractivity contribution is -0.116. The van der Waals surface area contributed by atoms with Crippen LogP contribution < -0.4 is 15.4 Å². The summed E-state index contributed by atoms with van der Waals surface area (Å²) in [7, 11) is 0. The minimum absolute atomic E-state index is 0.181. The van der Waals surface area contributed by atoms with E-state index in [1.54, 1.807) is 0 Å². The SMILES string of the molecule is CCOc1ccc([C@@H]2Nc3ccccc3NC3=C2C(=O)C[C@H](c2ccc(C)cc2)C3)cc1. The van der Waals surface area contributed by atoms with Gasteiger partial charge in [0.2, 0.25) is 0 Å². The van der Waals surface area contributed by atoms with Crippen LogP contribution in [-0.4, -0.2) is 12.4 Å². The van der Waals surface area contributed by atoms with Gasteiger partial charge in [0.25, 0.3) is 0 Å². The van der Waals surface area contributed by atoms with Crippen molar-refractivity contribution in [3.8, 4) is 5.75 Å². The molecule has 0 bridgehead atoms. The summed E-state index contributed by atoms with van der Waals surface area (Å²) < 4.78 is 5.62. The summed E-state index contributed by atoms with van der Waals surface area (Å²) in [6, 6.07) is 24.6. The van der Waals surface area contributed by atoms with Crippen LogP contribution in [0.5, 0.6) is 5.75 Å². The first-order chi connectivity index (χ1) is 15.6. The molecule has 0 saturated carbocycles. The number of aryl methyl sites for hydroxylation is 1. The molecule has 5 rings (SSSR count). The van der Waals surface area contributed by atoms with E-state index in [1.807, 2.05) is 31.2 Å². The summed E-state index contributed by atoms with van der Waals surface area (Å²) >= 11 is 0. The van der Waals surface area contributed by atoms with E-state index in [4.69, 9.17) is 4.74 Å². The van der Waals surface area contributed by atoms with Crippen molar-refractivity contribution < 1.29 is 9.53 Å². The van der Waals surface area contributed by atoms with Crippen molar-refractivity contribution >= 4 is 17.2 Å². The molecule has 3 aromatic carbocycles. The van der Waals surface area contributed by atoms with Crippen LogP contribution in [0.4, 0.5) is 11.4 Å². The third-order valence-corrected chi connectivity index (χ3v) is 6.38. The van der Waals surface area contributed by atoms with E-state index in [1.165, 1.54) is 11.1 Å². The number of nitrogens with one attached hydrogen (secondary N) is 2. The van der Waals surface area contributed by atoms with Crippen LogP contribution in [0.2, 0.25) is 0 Å². The highest BCUT2D eigenvalue weighted by Crippen LogP contribution is 2.44. The Morgan fingerprint density at radius 3 is 2.28 bits per heavy atom. The number of rotatable bonds is 4. The average Bonchev–Trinajstić information content (AvgIpc) is 2.97. The predicted octanol–water partition coefficient (Wildman–Crippen LogP) is 6.37. The van der Waals surface area contributed by atoms with E-state index in [9.17, 15) is 4.79 Å². The van der Waals surface area contributed by atoms with E-state index in [-0.39, 0.29) is 17.7 Å². The van der Waals surface area contributed by atoms with Crippen molar-refractivity contribution in [2.24, 2.45) is 0 Å². The van der Waals surface area contributed by atoms with Crippen LogP contribution >= 0.6 is 0 Å². The number of benzene rings is 3. The molecule has 32 heavy (non-hydrogen) atoms. The number of anilines is 2. The first kappa shape index (κ1) is 20.4. The predicted molar refractivity (Wildman–Crippen MR) is 129 cm³/mol. The van der Waals surface area contributed by atoms with Gasteiger partial charge in [-0.1, -0.05) is 54.1 Å². The molecule has 0 aromatic heterocycles. The summed E-state index contributed by atoms with van der Waals surface area (Å²) in [5.74, 6) is 1.22. The second-order valence-corrected chi connectivity index (χ2v) is 8.58. The molecule has 0 saturated heterocycles. The molecule has 162 valence electrons. The maximum atomic E-state index is 13.6. The van der Waals surface area contributed by atoms with Gasteiger partial charge in [-0.25, -0.2) is 0 Å². The van der Waals surface area contributed by atoms with Gasteiger partial charge in [0.1, 0.15) is 5.75 Å². The largest absolute Gasteiger partial charge is 0.494 e. The van der Waals surface area contributed by atoms with Crippen LogP contribution in [0.25, 0.3) is 0 Å². The molecular formula is C28H28N2O2. The normalized spacial score (nSPS) is 19.9. The Bertz CT molecular complexity index is 1160. The van der Waals surface area contributed by atoms with Gasteiger partial charge in [-0.2, -0.15) is 0 Å². The van der Waals surface area contributed by atoms with Gasteiger partial charge in [0.15, 0.2) is 5.78 Å². The maximum absolute atomic E-state index is 13.6. The van der Waals surface area contributed by atoms with Gasteiger partial charge in [0.05, 0.1) is 24.0 Å². The second kappa shape index (κ2) is 8.54. The molecule has 0 unspecified atom stereocenters. The molecule has 3 aromatic rings. The molecule has 2 N–H and O–H groups in total. The number of allylic oxidation sites excluding steroid dienone is 1. The Morgan fingerprint density at radius 1 is 0.875 bits per heavy atom. The maximum Gasteiger partial charge on any atom is 0.163 e. The van der Waals surface area contributed by atoms with E-state index in [0.29, 0.717) is 13.0 Å². The van der Waals surface area contributed by atoms with Crippen molar-refractivity contribution in [3.63, 3.8) is 0 Å². The van der Waals surface area contributed by atoms with Crippen LogP contribution in [-0.2, 0) is 4.79 Å². The fourth-order valence-corrected chi connectivity index (χ4v) is 4.74. The standard InChI is InChI=1S/C28H28N2O2/c1-3-32-22-14-12-20(13-15-22)28-27-25(29-23-6-4-5-7-24(23)30-28)16-21(17-26(27)31)19-10-8-18(2)9-11-19/h4-15,21,28-30H,3,16-17H2,1-2H3/t21-,28+/m1/s1. The van der Waals surface area contributed by atoms with Crippen molar-refractivity contribution in [1.29, 1.82) is 0 Å². The molecule has 1 heterocycles. The fraction of sp³-hybridized carbons (Fsp3) is 0.250. The van der Waals surface area contributed by atoms with Crippen LogP contribution in [0.3, 0.4) is 0 Å². The van der Waals surface area contributed by atoms with E-state index in [0.717, 1.165) is 40.4 Å². The summed E-state index contributed by atoms with van der Waals surface area (Å²) in [6.07, 6.45) is 1.34. The van der Waals surface area contributed by atoms with Crippen LogP contribution in [0.15, 0.2) is 84.1 Å². The van der Waals surface area contributed by atoms with Gasteiger partial charge in [-0.3, -0.25) is 4.79 Å². The third kappa shape index (κ3) is 3.89. The number of fused-ring (bicyclic) bond motifs is 1. The number of hydrogen-bond acceptors (Lipinski definition) is 4. The minimum atomic E-state index is -0.205. The van der Waals surface area contributed by atoms with Crippen LogP contribution in [0, 0.1) is 6.92 Å². The molecule has 4 heteroatoms. The fourth-order valence-electron chi connectivity index (χ4n) is 4.74. The van der Waals surface area contributed by atoms with Crippen molar-refractivity contribution in [2.45, 2.75) is 38.6 Å². The van der Waals surface area contributed by atoms with Crippen molar-refractivity contribution in [1.82, 2.24) is 0 Å². The lowest BCUT2D eigenvalue weighted by Gasteiger charge is -2.30. The highest BCUT2D eigenvalue weighted by Gasteiger charge is 2.36. The Labute approximate surface area is 189 Å². The Hall–Kier alpha value is -3.53. The highest BCUT2D eigenvalue weighted by molar-refractivity contribution is 6.01. The molecule has 4 nitrogen and oxygen atoms in total. The lowest BCUT2D eigenvalue weighted by atomic mass is 9.78. The van der Waals surface area contributed by atoms with Gasteiger partial charge in [-0.15, -0.1) is 0 Å². The first-order valence-electron chi connectivity index (χ1n) is 11.3. The smallest absolute Gasteiger partial charge is 0.163 e. The number of carbonyl (C=O) groups is 1. The van der Waals surface area contributed by atoms with Gasteiger partial charge >= 0.3 is 0 Å². The van der Waals surface area contributed by atoms with E-state index >= 15 is 0 Å². The molecule has 0 spiro atoms. The van der Waals surface area contributed by atoms with Gasteiger partial charge in [0, 0.05) is 17.7 Å². The van der Waals surface area contributed by atoms with E-state index in [2.05, 4.69) is 66.1 Å². The monoisotopic (exact) mass is 424 g/mol. The zero-order valence-corrected chi connectivity index (χ0v) is 18.5. The lowest BCUT2D eigenvalue weighted by Crippen LogP contribution is -2.26. The van der Waals surface area contributed by atoms with Gasteiger partial charge < -0.3 is 15.4 Å². The molecule has 0 fully saturated rings. The van der Waals surface area contributed by atoms with Gasteiger partial charge in [-0.05, 0) is 61.6 Å². The molecule has 1 aliphatic carbocycles. The zero-order valence-electron chi connectivity index (χ0n) is 18.5. The molecule has 0 radical (unpaired) electrons. The van der Waals surface area contributed by atoms with E-state index < -0.39 is 0 Å². The number of para-hydroxylation sites is 2. The Balaban J connectivity index is 1.56. The Kier molecular flexibility index (Phi) is 5.44. The second-order valence-electron chi connectivity index (χ2n) is 8.58. The molecule has 2 aliphatic rings. The summed E-state index contributed by atoms with van der Waals surface area (Å²) in [4.78, 5) is 13.6. The van der Waals surface area contributed by atoms with Crippen LogP contribution in [0.1, 0.15) is 48.4 Å². The number of carbonyl (C=O) groups excluding carboxylic acids is 1. The number of ketones is 1. The summed E-state index contributed by atoms with van der Waals surface area (Å²) in [6.45, 7) is 4.70. The number of ether oxygens (including phenoxy) is 1. The number of Topliss-reactive ketones (excluding diaryl/α,β-unsaturated/α-hetero) is 1. The van der Waals surface area contributed by atoms with Crippen molar-refractivity contribution in [3.05, 3.63) is 101 Å².